The lowest BCUT2D eigenvalue weighted by molar-refractivity contribution is -0.137. The molecule has 0 bridgehead atoms. The summed E-state index contributed by atoms with van der Waals surface area (Å²) >= 11 is 5.78. The summed E-state index contributed by atoms with van der Waals surface area (Å²) in [6.45, 7) is -0.129. The molecule has 0 unspecified atom stereocenters. The highest BCUT2D eigenvalue weighted by molar-refractivity contribution is 6.33. The molecule has 0 aliphatic carbocycles. The van der Waals surface area contributed by atoms with Gasteiger partial charge in [0.25, 0.3) is 5.91 Å². The van der Waals surface area contributed by atoms with Gasteiger partial charge < -0.3 is 5.32 Å². The first-order chi connectivity index (χ1) is 10.3. The van der Waals surface area contributed by atoms with Crippen LogP contribution in [0.1, 0.15) is 21.5 Å². The van der Waals surface area contributed by atoms with Gasteiger partial charge in [0.05, 0.1) is 16.1 Å². The smallest absolute Gasteiger partial charge is 0.348 e. The van der Waals surface area contributed by atoms with Crippen molar-refractivity contribution in [3.63, 3.8) is 0 Å². The fourth-order valence-electron chi connectivity index (χ4n) is 1.81. The molecule has 22 heavy (non-hydrogen) atoms. The van der Waals surface area contributed by atoms with E-state index in [1.54, 1.807) is 0 Å². The van der Waals surface area contributed by atoms with Gasteiger partial charge >= 0.3 is 6.18 Å². The van der Waals surface area contributed by atoms with E-state index in [-0.39, 0.29) is 22.7 Å². The van der Waals surface area contributed by atoms with Crippen molar-refractivity contribution < 1.29 is 22.4 Å². The number of hydrogen-bond acceptors (Lipinski definition) is 1. The number of halogens is 5. The monoisotopic (exact) mass is 331 g/mol. The van der Waals surface area contributed by atoms with E-state index in [1.807, 2.05) is 0 Å². The van der Waals surface area contributed by atoms with Gasteiger partial charge in [0.2, 0.25) is 0 Å². The number of benzene rings is 2. The van der Waals surface area contributed by atoms with E-state index >= 15 is 0 Å². The molecular weight excluding hydrogens is 322 g/mol. The molecule has 0 heterocycles. The molecule has 0 saturated carbocycles. The number of rotatable bonds is 3. The van der Waals surface area contributed by atoms with Crippen LogP contribution in [0.15, 0.2) is 42.5 Å². The van der Waals surface area contributed by atoms with Gasteiger partial charge in [0.1, 0.15) is 5.82 Å². The summed E-state index contributed by atoms with van der Waals surface area (Å²) in [7, 11) is 0. The van der Waals surface area contributed by atoms with Crippen LogP contribution in [0.25, 0.3) is 0 Å². The van der Waals surface area contributed by atoms with Crippen molar-refractivity contribution >= 4 is 17.5 Å². The van der Waals surface area contributed by atoms with Crippen molar-refractivity contribution in [2.24, 2.45) is 0 Å². The number of amides is 1. The Hall–Kier alpha value is -2.08. The predicted molar refractivity (Wildman–Crippen MR) is 74.0 cm³/mol. The highest BCUT2D eigenvalue weighted by Crippen LogP contribution is 2.29. The van der Waals surface area contributed by atoms with E-state index in [0.717, 1.165) is 24.3 Å². The number of carbonyl (C=O) groups excluding carboxylic acids is 1. The third kappa shape index (κ3) is 3.98. The topological polar surface area (TPSA) is 29.1 Å². The average Bonchev–Trinajstić information content (AvgIpc) is 2.47. The van der Waals surface area contributed by atoms with Gasteiger partial charge in [-0.05, 0) is 35.9 Å². The van der Waals surface area contributed by atoms with Crippen LogP contribution >= 0.6 is 11.6 Å². The Morgan fingerprint density at radius 2 is 1.86 bits per heavy atom. The van der Waals surface area contributed by atoms with Crippen molar-refractivity contribution in [1.82, 2.24) is 5.32 Å². The minimum absolute atomic E-state index is 0.0583. The molecule has 0 radical (unpaired) electrons. The molecule has 2 aromatic rings. The van der Waals surface area contributed by atoms with Crippen LogP contribution in [0, 0.1) is 5.82 Å². The van der Waals surface area contributed by atoms with Crippen LogP contribution in [0.5, 0.6) is 0 Å². The molecule has 2 nitrogen and oxygen atoms in total. The maximum Gasteiger partial charge on any atom is 0.416 e. The van der Waals surface area contributed by atoms with Gasteiger partial charge in [0, 0.05) is 6.54 Å². The fourth-order valence-corrected chi connectivity index (χ4v) is 2.01. The first-order valence-electron chi connectivity index (χ1n) is 6.17. The summed E-state index contributed by atoms with van der Waals surface area (Å²) < 4.78 is 50.8. The molecule has 0 aromatic heterocycles. The summed E-state index contributed by atoms with van der Waals surface area (Å²) in [4.78, 5) is 11.9. The minimum atomic E-state index is -4.45. The number of alkyl halides is 3. The Labute approximate surface area is 128 Å². The molecule has 0 atom stereocenters. The summed E-state index contributed by atoms with van der Waals surface area (Å²) in [5.74, 6) is -1.30. The first kappa shape index (κ1) is 16.3. The van der Waals surface area contributed by atoms with Crippen LogP contribution in [0.4, 0.5) is 17.6 Å². The quantitative estimate of drug-likeness (QED) is 0.828. The molecule has 1 N–H and O–H groups in total. The van der Waals surface area contributed by atoms with Crippen molar-refractivity contribution in [2.75, 3.05) is 0 Å². The van der Waals surface area contributed by atoms with Crippen LogP contribution < -0.4 is 5.32 Å². The summed E-state index contributed by atoms with van der Waals surface area (Å²) in [6.07, 6.45) is -4.45. The molecule has 2 aromatic carbocycles. The molecular formula is C15H10ClF4NO. The highest BCUT2D eigenvalue weighted by Gasteiger charge is 2.30. The first-order valence-corrected chi connectivity index (χ1v) is 6.54. The number of carbonyl (C=O) groups is 1. The second kappa shape index (κ2) is 6.36. The largest absolute Gasteiger partial charge is 0.416 e. The lowest BCUT2D eigenvalue weighted by Crippen LogP contribution is -2.23. The second-order valence-electron chi connectivity index (χ2n) is 4.50. The Bertz CT molecular complexity index is 700. The highest BCUT2D eigenvalue weighted by atomic mass is 35.5. The van der Waals surface area contributed by atoms with Crippen LogP contribution in [-0.4, -0.2) is 5.91 Å². The summed E-state index contributed by atoms with van der Waals surface area (Å²) in [5.41, 5.74) is -0.604. The average molecular weight is 332 g/mol. The van der Waals surface area contributed by atoms with Crippen molar-refractivity contribution in [3.05, 3.63) is 70.0 Å². The van der Waals surface area contributed by atoms with E-state index in [0.29, 0.717) is 0 Å². The van der Waals surface area contributed by atoms with Crippen LogP contribution in [0.2, 0.25) is 5.02 Å². The third-order valence-electron chi connectivity index (χ3n) is 2.88. The lowest BCUT2D eigenvalue weighted by atomic mass is 10.1. The molecule has 7 heteroatoms. The molecule has 0 aliphatic rings. The molecule has 116 valence electrons. The zero-order chi connectivity index (χ0) is 16.3. The second-order valence-corrected chi connectivity index (χ2v) is 4.91. The number of hydrogen-bond donors (Lipinski definition) is 1. The predicted octanol–water partition coefficient (Wildman–Crippen LogP) is 4.43. The lowest BCUT2D eigenvalue weighted by Gasteiger charge is -2.10. The minimum Gasteiger partial charge on any atom is -0.348 e. The van der Waals surface area contributed by atoms with Gasteiger partial charge in [-0.3, -0.25) is 4.79 Å². The Kier molecular flexibility index (Phi) is 4.71. The van der Waals surface area contributed by atoms with E-state index < -0.39 is 23.5 Å². The zero-order valence-corrected chi connectivity index (χ0v) is 11.8. The normalized spacial score (nSPS) is 11.3. The van der Waals surface area contributed by atoms with Crippen LogP contribution in [-0.2, 0) is 12.7 Å². The Morgan fingerprint density at radius 1 is 1.14 bits per heavy atom. The van der Waals surface area contributed by atoms with Crippen LogP contribution in [0.3, 0.4) is 0 Å². The van der Waals surface area contributed by atoms with Crippen molar-refractivity contribution in [3.8, 4) is 0 Å². The van der Waals surface area contributed by atoms with Gasteiger partial charge in [-0.25, -0.2) is 4.39 Å². The van der Waals surface area contributed by atoms with Crippen molar-refractivity contribution in [2.45, 2.75) is 12.7 Å². The molecule has 0 fully saturated rings. The molecule has 2 rings (SSSR count). The molecule has 1 amide bonds. The maximum absolute atomic E-state index is 13.1. The Morgan fingerprint density at radius 3 is 2.55 bits per heavy atom. The Balaban J connectivity index is 2.10. The fraction of sp³-hybridized carbons (Fsp3) is 0.133. The standard InChI is InChI=1S/C15H10ClF4NO/c16-13-5-4-11(17)7-12(13)14(22)21-8-9-2-1-3-10(6-9)15(18,19)20/h1-7H,8H2,(H,21,22). The van der Waals surface area contributed by atoms with Crippen molar-refractivity contribution in [1.29, 1.82) is 0 Å². The molecule has 0 saturated heterocycles. The van der Waals surface area contributed by atoms with E-state index in [4.69, 9.17) is 11.6 Å². The SMILES string of the molecule is O=C(NCc1cccc(C(F)(F)F)c1)c1cc(F)ccc1Cl. The number of nitrogens with one attached hydrogen (secondary N) is 1. The van der Waals surface area contributed by atoms with E-state index in [9.17, 15) is 22.4 Å². The maximum atomic E-state index is 13.1. The molecule has 0 aliphatic heterocycles. The third-order valence-corrected chi connectivity index (χ3v) is 3.21. The zero-order valence-electron chi connectivity index (χ0n) is 11.0. The summed E-state index contributed by atoms with van der Waals surface area (Å²) in [5, 5.41) is 2.46. The van der Waals surface area contributed by atoms with Gasteiger partial charge in [-0.15, -0.1) is 0 Å². The van der Waals surface area contributed by atoms with Gasteiger partial charge in [-0.1, -0.05) is 23.7 Å². The molecule has 0 spiro atoms. The van der Waals surface area contributed by atoms with E-state index in [2.05, 4.69) is 5.32 Å². The van der Waals surface area contributed by atoms with E-state index in [1.165, 1.54) is 18.2 Å². The van der Waals surface area contributed by atoms with Gasteiger partial charge in [-0.2, -0.15) is 13.2 Å². The van der Waals surface area contributed by atoms with Gasteiger partial charge in [0.15, 0.2) is 0 Å². The summed E-state index contributed by atoms with van der Waals surface area (Å²) in [6, 6.07) is 7.87.